The lowest BCUT2D eigenvalue weighted by Crippen LogP contribution is -2.29. The van der Waals surface area contributed by atoms with Crippen LogP contribution in [0.15, 0.2) is 24.3 Å². The average Bonchev–Trinajstić information content (AvgIpc) is 2.98. The van der Waals surface area contributed by atoms with Gasteiger partial charge in [0, 0.05) is 11.4 Å². The topological polar surface area (TPSA) is 65.4 Å². The molecule has 1 aromatic heterocycles. The minimum absolute atomic E-state index is 0.101. The van der Waals surface area contributed by atoms with Gasteiger partial charge in [-0.15, -0.1) is 11.3 Å². The van der Waals surface area contributed by atoms with Gasteiger partial charge in [0.2, 0.25) is 5.91 Å². The lowest BCUT2D eigenvalue weighted by Gasteiger charge is -2.17. The van der Waals surface area contributed by atoms with Gasteiger partial charge in [0.25, 0.3) is 0 Å². The van der Waals surface area contributed by atoms with Gasteiger partial charge in [-0.2, -0.15) is 14.0 Å². The second-order valence-corrected chi connectivity index (χ2v) is 8.52. The molecule has 3 rings (SSSR count). The Balaban J connectivity index is 1.57. The molecule has 0 fully saturated rings. The molecule has 1 atom stereocenters. The molecule has 154 valence electrons. The molecule has 1 aromatic carbocycles. The maximum atomic E-state index is 12.5. The number of halogens is 2. The minimum Gasteiger partial charge on any atom is -0.435 e. The van der Waals surface area contributed by atoms with Crippen molar-refractivity contribution in [1.82, 2.24) is 4.90 Å². The Hall–Kier alpha value is -2.50. The summed E-state index contributed by atoms with van der Waals surface area (Å²) < 4.78 is 28.7. The van der Waals surface area contributed by atoms with E-state index < -0.39 is 6.61 Å². The summed E-state index contributed by atoms with van der Waals surface area (Å²) in [6, 6.07) is 8.59. The molecule has 1 heterocycles. The van der Waals surface area contributed by atoms with E-state index in [1.54, 1.807) is 19.2 Å². The van der Waals surface area contributed by atoms with Gasteiger partial charge < -0.3 is 10.1 Å². The van der Waals surface area contributed by atoms with E-state index in [4.69, 9.17) is 0 Å². The second-order valence-electron chi connectivity index (χ2n) is 7.41. The van der Waals surface area contributed by atoms with Gasteiger partial charge in [0.1, 0.15) is 16.8 Å². The molecule has 0 unspecified atom stereocenters. The molecule has 0 saturated heterocycles. The van der Waals surface area contributed by atoms with E-state index in [1.165, 1.54) is 28.3 Å². The van der Waals surface area contributed by atoms with Crippen LogP contribution in [0, 0.1) is 17.2 Å². The first-order valence-electron chi connectivity index (χ1n) is 9.42. The molecule has 0 saturated carbocycles. The third kappa shape index (κ3) is 5.52. The van der Waals surface area contributed by atoms with Crippen LogP contribution in [0.3, 0.4) is 0 Å². The van der Waals surface area contributed by atoms with Crippen molar-refractivity contribution in [2.75, 3.05) is 18.9 Å². The van der Waals surface area contributed by atoms with Crippen molar-refractivity contribution >= 4 is 22.2 Å². The minimum atomic E-state index is -2.85. The number of nitriles is 1. The molecule has 0 radical (unpaired) electrons. The monoisotopic (exact) mass is 419 g/mol. The van der Waals surface area contributed by atoms with E-state index in [9.17, 15) is 18.8 Å². The second kappa shape index (κ2) is 9.33. The Labute approximate surface area is 172 Å². The highest BCUT2D eigenvalue weighted by Crippen LogP contribution is 2.39. The van der Waals surface area contributed by atoms with E-state index >= 15 is 0 Å². The lowest BCUT2D eigenvalue weighted by molar-refractivity contribution is -0.117. The first kappa shape index (κ1) is 21.2. The highest BCUT2D eigenvalue weighted by Gasteiger charge is 2.24. The van der Waals surface area contributed by atoms with Crippen molar-refractivity contribution in [3.05, 3.63) is 45.8 Å². The predicted octanol–water partition coefficient (Wildman–Crippen LogP) is 4.42. The van der Waals surface area contributed by atoms with Crippen LogP contribution in [0.4, 0.5) is 13.8 Å². The van der Waals surface area contributed by atoms with Crippen LogP contribution in [-0.2, 0) is 24.2 Å². The maximum Gasteiger partial charge on any atom is 0.387 e. The Kier molecular flexibility index (Phi) is 6.83. The highest BCUT2D eigenvalue weighted by molar-refractivity contribution is 7.16. The molecule has 0 spiro atoms. The van der Waals surface area contributed by atoms with E-state index in [0.29, 0.717) is 23.0 Å². The maximum absolute atomic E-state index is 12.5. The van der Waals surface area contributed by atoms with E-state index in [1.807, 2.05) is 4.90 Å². The summed E-state index contributed by atoms with van der Waals surface area (Å²) in [6.45, 7) is -0.0178. The summed E-state index contributed by atoms with van der Waals surface area (Å²) in [5.74, 6) is 0.511. The van der Waals surface area contributed by atoms with Crippen LogP contribution in [0.25, 0.3) is 0 Å². The smallest absolute Gasteiger partial charge is 0.387 e. The van der Waals surface area contributed by atoms with Crippen LogP contribution < -0.4 is 10.1 Å². The van der Waals surface area contributed by atoms with Crippen molar-refractivity contribution in [2.45, 2.75) is 39.3 Å². The van der Waals surface area contributed by atoms with E-state index in [-0.39, 0.29) is 18.2 Å². The summed E-state index contributed by atoms with van der Waals surface area (Å²) in [6.07, 6.45) is 2.91. The first-order valence-corrected chi connectivity index (χ1v) is 10.2. The summed E-state index contributed by atoms with van der Waals surface area (Å²) in [4.78, 5) is 15.5. The van der Waals surface area contributed by atoms with Crippen LogP contribution >= 0.6 is 11.3 Å². The fraction of sp³-hybridized carbons (Fsp3) is 0.429. The summed E-state index contributed by atoms with van der Waals surface area (Å²) in [5, 5.41) is 13.1. The molecule has 2 aromatic rings. The van der Waals surface area contributed by atoms with E-state index in [2.05, 4.69) is 23.0 Å². The molecule has 0 bridgehead atoms. The van der Waals surface area contributed by atoms with Crippen molar-refractivity contribution in [1.29, 1.82) is 5.26 Å². The summed E-state index contributed by atoms with van der Waals surface area (Å²) in [5.41, 5.74) is 2.56. The van der Waals surface area contributed by atoms with E-state index in [0.717, 1.165) is 30.4 Å². The van der Waals surface area contributed by atoms with Crippen molar-refractivity contribution < 1.29 is 18.3 Å². The van der Waals surface area contributed by atoms with Crippen LogP contribution in [0.5, 0.6) is 5.75 Å². The van der Waals surface area contributed by atoms with Gasteiger partial charge in [-0.1, -0.05) is 19.1 Å². The number of thiophene rings is 1. The number of alkyl halides is 2. The molecule has 1 amide bonds. The van der Waals surface area contributed by atoms with Crippen molar-refractivity contribution in [2.24, 2.45) is 5.92 Å². The molecule has 1 aliphatic rings. The quantitative estimate of drug-likeness (QED) is 0.722. The number of nitrogens with one attached hydrogen (secondary N) is 1. The third-order valence-corrected chi connectivity index (χ3v) is 6.06. The number of benzene rings is 1. The lowest BCUT2D eigenvalue weighted by atomic mass is 9.89. The number of anilines is 1. The fourth-order valence-electron chi connectivity index (χ4n) is 3.51. The molecular formula is C21H23F2N3O2S. The highest BCUT2D eigenvalue weighted by atomic mass is 32.1. The number of ether oxygens (including phenoxy) is 1. The number of hydrogen-bond donors (Lipinski definition) is 1. The fourth-order valence-corrected chi connectivity index (χ4v) is 4.89. The van der Waals surface area contributed by atoms with Gasteiger partial charge in [-0.05, 0) is 55.5 Å². The number of fused-ring (bicyclic) bond motifs is 1. The molecular weight excluding hydrogens is 396 g/mol. The Morgan fingerprint density at radius 3 is 2.79 bits per heavy atom. The van der Waals surface area contributed by atoms with Crippen LogP contribution in [0.2, 0.25) is 0 Å². The molecule has 29 heavy (non-hydrogen) atoms. The number of carbonyl (C=O) groups excluding carboxylic acids is 1. The third-order valence-electron chi connectivity index (χ3n) is 4.89. The zero-order valence-electron chi connectivity index (χ0n) is 16.4. The summed E-state index contributed by atoms with van der Waals surface area (Å²) >= 11 is 1.51. The summed E-state index contributed by atoms with van der Waals surface area (Å²) in [7, 11) is 1.80. The van der Waals surface area contributed by atoms with Crippen LogP contribution in [-0.4, -0.2) is 31.0 Å². The van der Waals surface area contributed by atoms with Crippen molar-refractivity contribution in [3.63, 3.8) is 0 Å². The molecule has 8 heteroatoms. The number of rotatable bonds is 7. The van der Waals surface area contributed by atoms with Crippen LogP contribution in [0.1, 0.15) is 34.9 Å². The van der Waals surface area contributed by atoms with Crippen molar-refractivity contribution in [3.8, 4) is 11.8 Å². The number of amides is 1. The van der Waals surface area contributed by atoms with Gasteiger partial charge in [-0.25, -0.2) is 0 Å². The van der Waals surface area contributed by atoms with Gasteiger partial charge in [0.15, 0.2) is 0 Å². The number of carbonyl (C=O) groups is 1. The van der Waals surface area contributed by atoms with Gasteiger partial charge in [-0.3, -0.25) is 9.69 Å². The predicted molar refractivity (Wildman–Crippen MR) is 108 cm³/mol. The van der Waals surface area contributed by atoms with Gasteiger partial charge in [0.05, 0.1) is 12.1 Å². The first-order chi connectivity index (χ1) is 13.9. The molecule has 5 nitrogen and oxygen atoms in total. The SMILES string of the molecule is C[C@@H]1CCc2c(sc(NC(=O)CN(C)Cc3ccc(OC(F)F)cc3)c2C#N)C1. The number of likely N-dealkylation sites (N-methyl/N-ethyl adjacent to an activating group) is 1. The Bertz CT molecular complexity index is 906. The zero-order valence-corrected chi connectivity index (χ0v) is 17.2. The molecule has 1 aliphatic carbocycles. The standard InChI is InChI=1S/C21H23F2N3O2S/c1-13-3-8-16-17(10-24)20(29-18(16)9-13)25-19(27)12-26(2)11-14-4-6-15(7-5-14)28-21(22)23/h4-7,13,21H,3,8-9,11-12H2,1-2H3,(H,25,27)/t13-/m1/s1. The Morgan fingerprint density at radius 2 is 2.14 bits per heavy atom. The largest absolute Gasteiger partial charge is 0.435 e. The zero-order chi connectivity index (χ0) is 21.0. The van der Waals surface area contributed by atoms with Gasteiger partial charge >= 0.3 is 6.61 Å². The average molecular weight is 419 g/mol. The number of nitrogens with zero attached hydrogens (tertiary/aromatic N) is 2. The number of hydrogen-bond acceptors (Lipinski definition) is 5. The Morgan fingerprint density at radius 1 is 1.41 bits per heavy atom. The normalized spacial score (nSPS) is 15.8. The molecule has 0 aliphatic heterocycles. The molecule has 1 N–H and O–H groups in total.